The molecule has 0 unspecified atom stereocenters. The highest BCUT2D eigenvalue weighted by Gasteiger charge is 2.17. The minimum absolute atomic E-state index is 0.0521. The first-order chi connectivity index (χ1) is 9.06. The fourth-order valence-corrected chi connectivity index (χ4v) is 1.92. The van der Waals surface area contributed by atoms with Gasteiger partial charge in [0.05, 0.1) is 9.40 Å². The van der Waals surface area contributed by atoms with Crippen molar-refractivity contribution in [2.45, 2.75) is 13.3 Å². The lowest BCUT2D eigenvalue weighted by atomic mass is 10.3. The maximum absolute atomic E-state index is 10.9. The standard InChI is InChI=1S/C13H17BrN2O3/c1-3-7-15-8-10(2)9-19-13-11(14)5-4-6-12(13)16(17)18/h4-6,15H,2-3,7-9H2,1H3. The Morgan fingerprint density at radius 1 is 1.58 bits per heavy atom. The van der Waals surface area contributed by atoms with Crippen molar-refractivity contribution in [1.29, 1.82) is 0 Å². The van der Waals surface area contributed by atoms with E-state index in [9.17, 15) is 10.1 Å². The number of ether oxygens (including phenoxy) is 1. The summed E-state index contributed by atoms with van der Waals surface area (Å²) in [5.74, 6) is 0.240. The SMILES string of the molecule is C=C(CNCCC)COc1c(Br)cccc1[N+](=O)[O-]. The van der Waals surface area contributed by atoms with Gasteiger partial charge in [-0.1, -0.05) is 19.6 Å². The van der Waals surface area contributed by atoms with Crippen molar-refractivity contribution in [2.24, 2.45) is 0 Å². The number of nitrogens with zero attached hydrogens (tertiary/aromatic N) is 1. The summed E-state index contributed by atoms with van der Waals surface area (Å²) in [7, 11) is 0. The molecule has 0 aliphatic rings. The molecule has 0 saturated carbocycles. The second-order valence-electron chi connectivity index (χ2n) is 4.06. The average molecular weight is 329 g/mol. The van der Waals surface area contributed by atoms with E-state index >= 15 is 0 Å². The van der Waals surface area contributed by atoms with Crippen molar-refractivity contribution in [3.8, 4) is 5.75 Å². The Morgan fingerprint density at radius 3 is 2.95 bits per heavy atom. The molecular formula is C13H17BrN2O3. The summed E-state index contributed by atoms with van der Waals surface area (Å²) in [6.07, 6.45) is 1.05. The van der Waals surface area contributed by atoms with E-state index in [1.54, 1.807) is 12.1 Å². The molecule has 5 nitrogen and oxygen atoms in total. The molecule has 1 aromatic carbocycles. The molecule has 0 heterocycles. The third-order valence-corrected chi connectivity index (χ3v) is 2.99. The molecule has 0 radical (unpaired) electrons. The second-order valence-corrected chi connectivity index (χ2v) is 4.91. The molecule has 0 saturated heterocycles. The highest BCUT2D eigenvalue weighted by molar-refractivity contribution is 9.10. The van der Waals surface area contributed by atoms with Gasteiger partial charge in [0.25, 0.3) is 0 Å². The van der Waals surface area contributed by atoms with E-state index in [2.05, 4.69) is 34.7 Å². The molecule has 0 aromatic heterocycles. The van der Waals surface area contributed by atoms with Gasteiger partial charge >= 0.3 is 5.69 Å². The summed E-state index contributed by atoms with van der Waals surface area (Å²) in [5, 5.41) is 14.1. The molecule has 0 atom stereocenters. The molecule has 19 heavy (non-hydrogen) atoms. The Balaban J connectivity index is 2.62. The maximum atomic E-state index is 10.9. The van der Waals surface area contributed by atoms with Crippen molar-refractivity contribution < 1.29 is 9.66 Å². The second kappa shape index (κ2) is 7.91. The number of rotatable bonds is 8. The van der Waals surface area contributed by atoms with E-state index in [-0.39, 0.29) is 18.0 Å². The van der Waals surface area contributed by atoms with Crippen LogP contribution in [0.15, 0.2) is 34.8 Å². The molecule has 0 spiro atoms. The van der Waals surface area contributed by atoms with Crippen LogP contribution in [0.5, 0.6) is 5.75 Å². The lowest BCUT2D eigenvalue weighted by Gasteiger charge is -2.11. The molecule has 0 aliphatic heterocycles. The third-order valence-electron chi connectivity index (χ3n) is 2.37. The van der Waals surface area contributed by atoms with Gasteiger partial charge in [-0.05, 0) is 40.5 Å². The maximum Gasteiger partial charge on any atom is 0.312 e. The van der Waals surface area contributed by atoms with Gasteiger partial charge in [-0.15, -0.1) is 0 Å². The first-order valence-corrected chi connectivity index (χ1v) is 6.78. The predicted octanol–water partition coefficient (Wildman–Crippen LogP) is 3.29. The van der Waals surface area contributed by atoms with Crippen LogP contribution in [0.4, 0.5) is 5.69 Å². The number of hydrogen-bond acceptors (Lipinski definition) is 4. The summed E-state index contributed by atoms with van der Waals surface area (Å²) < 4.78 is 6.06. The van der Waals surface area contributed by atoms with Crippen LogP contribution >= 0.6 is 15.9 Å². The number of nitrogens with one attached hydrogen (secondary N) is 1. The number of nitro groups is 1. The predicted molar refractivity (Wildman–Crippen MR) is 78.6 cm³/mol. The van der Waals surface area contributed by atoms with E-state index < -0.39 is 4.92 Å². The van der Waals surface area contributed by atoms with Gasteiger partial charge in [0.15, 0.2) is 0 Å². The summed E-state index contributed by atoms with van der Waals surface area (Å²) in [4.78, 5) is 10.4. The Morgan fingerprint density at radius 2 is 2.32 bits per heavy atom. The minimum Gasteiger partial charge on any atom is -0.481 e. The molecular weight excluding hydrogens is 312 g/mol. The lowest BCUT2D eigenvalue weighted by molar-refractivity contribution is -0.385. The van der Waals surface area contributed by atoms with Crippen LogP contribution < -0.4 is 10.1 Å². The smallest absolute Gasteiger partial charge is 0.312 e. The summed E-state index contributed by atoms with van der Waals surface area (Å²) in [6, 6.07) is 4.73. The fourth-order valence-electron chi connectivity index (χ4n) is 1.45. The van der Waals surface area contributed by atoms with E-state index in [0.717, 1.165) is 18.5 Å². The number of hydrogen-bond donors (Lipinski definition) is 1. The summed E-state index contributed by atoms with van der Waals surface area (Å²) >= 11 is 3.25. The lowest BCUT2D eigenvalue weighted by Crippen LogP contribution is -2.20. The highest BCUT2D eigenvalue weighted by Crippen LogP contribution is 2.34. The summed E-state index contributed by atoms with van der Waals surface area (Å²) in [5.41, 5.74) is 0.794. The van der Waals surface area contributed by atoms with Gasteiger partial charge < -0.3 is 10.1 Å². The monoisotopic (exact) mass is 328 g/mol. The number of nitro benzene ring substituents is 1. The molecule has 104 valence electrons. The Bertz CT molecular complexity index is 463. The van der Waals surface area contributed by atoms with Crippen molar-refractivity contribution in [2.75, 3.05) is 19.7 Å². The first-order valence-electron chi connectivity index (χ1n) is 5.99. The molecule has 0 amide bonds. The van der Waals surface area contributed by atoms with Crippen LogP contribution in [-0.2, 0) is 0 Å². The van der Waals surface area contributed by atoms with Crippen molar-refractivity contribution in [1.82, 2.24) is 5.32 Å². The van der Waals surface area contributed by atoms with Gasteiger partial charge in [-0.2, -0.15) is 0 Å². The van der Waals surface area contributed by atoms with E-state index in [1.165, 1.54) is 6.07 Å². The van der Waals surface area contributed by atoms with E-state index in [4.69, 9.17) is 4.74 Å². The molecule has 1 rings (SSSR count). The zero-order chi connectivity index (χ0) is 14.3. The van der Waals surface area contributed by atoms with E-state index in [0.29, 0.717) is 11.0 Å². The van der Waals surface area contributed by atoms with Crippen molar-refractivity contribution in [3.63, 3.8) is 0 Å². The molecule has 1 aromatic rings. The third kappa shape index (κ3) is 5.00. The zero-order valence-corrected chi connectivity index (χ0v) is 12.4. The van der Waals surface area contributed by atoms with Crippen LogP contribution in [0.1, 0.15) is 13.3 Å². The van der Waals surface area contributed by atoms with Gasteiger partial charge in [-0.3, -0.25) is 10.1 Å². The molecule has 1 N–H and O–H groups in total. The zero-order valence-electron chi connectivity index (χ0n) is 10.8. The van der Waals surface area contributed by atoms with Gasteiger partial charge in [0, 0.05) is 12.6 Å². The van der Waals surface area contributed by atoms with Crippen molar-refractivity contribution >= 4 is 21.6 Å². The Labute approximate surface area is 120 Å². The first kappa shape index (κ1) is 15.7. The van der Waals surface area contributed by atoms with Gasteiger partial charge in [0.2, 0.25) is 5.75 Å². The molecule has 0 aliphatic carbocycles. The van der Waals surface area contributed by atoms with Crippen LogP contribution in [-0.4, -0.2) is 24.6 Å². The summed E-state index contributed by atoms with van der Waals surface area (Å²) in [6.45, 7) is 7.76. The highest BCUT2D eigenvalue weighted by atomic mass is 79.9. The van der Waals surface area contributed by atoms with Crippen LogP contribution in [0, 0.1) is 10.1 Å². The number of halogens is 1. The van der Waals surface area contributed by atoms with Crippen LogP contribution in [0.2, 0.25) is 0 Å². The average Bonchev–Trinajstić information content (AvgIpc) is 2.37. The number of benzene rings is 1. The Kier molecular flexibility index (Phi) is 6.52. The largest absolute Gasteiger partial charge is 0.481 e. The quantitative estimate of drug-likeness (QED) is 0.344. The van der Waals surface area contributed by atoms with E-state index in [1.807, 2.05) is 0 Å². The molecule has 6 heteroatoms. The normalized spacial score (nSPS) is 10.2. The molecule has 0 bridgehead atoms. The Hall–Kier alpha value is -1.40. The van der Waals surface area contributed by atoms with Crippen LogP contribution in [0.25, 0.3) is 0 Å². The molecule has 0 fully saturated rings. The van der Waals surface area contributed by atoms with Crippen molar-refractivity contribution in [3.05, 3.63) is 44.9 Å². The van der Waals surface area contributed by atoms with Crippen LogP contribution in [0.3, 0.4) is 0 Å². The fraction of sp³-hybridized carbons (Fsp3) is 0.385. The number of para-hydroxylation sites is 1. The van der Waals surface area contributed by atoms with Gasteiger partial charge in [-0.25, -0.2) is 0 Å². The van der Waals surface area contributed by atoms with Gasteiger partial charge in [0.1, 0.15) is 6.61 Å². The minimum atomic E-state index is -0.460. The topological polar surface area (TPSA) is 64.4 Å².